The molecule has 0 bridgehead atoms. The van der Waals surface area contributed by atoms with Crippen LogP contribution in [-0.2, 0) is 6.54 Å². The summed E-state index contributed by atoms with van der Waals surface area (Å²) in [7, 11) is 1.51. The maximum Gasteiger partial charge on any atom is 0.330 e. The predicted molar refractivity (Wildman–Crippen MR) is 132 cm³/mol. The number of fused-ring (bicyclic) bond motifs is 1. The number of carbonyl (C=O) groups excluding carboxylic acids is 1. The molecule has 0 saturated heterocycles. The summed E-state index contributed by atoms with van der Waals surface area (Å²) in [5.74, 6) is 0.0156. The minimum Gasteiger partial charge on any atom is -0.496 e. The highest BCUT2D eigenvalue weighted by Gasteiger charge is 2.27. The number of anilines is 2. The van der Waals surface area contributed by atoms with Crippen LogP contribution in [0.5, 0.6) is 5.75 Å². The van der Waals surface area contributed by atoms with Gasteiger partial charge in [0.2, 0.25) is 0 Å². The van der Waals surface area contributed by atoms with Crippen molar-refractivity contribution in [2.24, 2.45) is 0 Å². The van der Waals surface area contributed by atoms with E-state index in [0.717, 1.165) is 36.5 Å². The Morgan fingerprint density at radius 1 is 1.06 bits per heavy atom. The number of nitrogen functional groups attached to an aromatic ring is 1. The number of unbranched alkanes of at least 4 members (excludes halogenated alkanes) is 3. The van der Waals surface area contributed by atoms with Gasteiger partial charge in [-0.3, -0.25) is 19.1 Å². The average Bonchev–Trinajstić information content (AvgIpc) is 2.81. The fraction of sp³-hybridized carbons (Fsp3) is 0.400. The van der Waals surface area contributed by atoms with Crippen molar-refractivity contribution in [3.05, 3.63) is 62.8 Å². The van der Waals surface area contributed by atoms with E-state index < -0.39 is 17.2 Å². The van der Waals surface area contributed by atoms with Gasteiger partial charge in [0.05, 0.1) is 12.7 Å². The molecule has 8 nitrogen and oxygen atoms in total. The number of rotatable bonds is 10. The van der Waals surface area contributed by atoms with E-state index in [1.54, 1.807) is 6.07 Å². The minimum atomic E-state index is -0.671. The summed E-state index contributed by atoms with van der Waals surface area (Å²) in [5.41, 5.74) is 5.42. The molecule has 0 unspecified atom stereocenters. The Balaban J connectivity index is 2.16. The van der Waals surface area contributed by atoms with Crippen molar-refractivity contribution < 1.29 is 9.53 Å². The summed E-state index contributed by atoms with van der Waals surface area (Å²) in [6.45, 7) is 4.72. The van der Waals surface area contributed by atoms with Crippen molar-refractivity contribution in [2.75, 3.05) is 24.3 Å². The number of hydrogen-bond acceptors (Lipinski definition) is 5. The van der Waals surface area contributed by atoms with E-state index in [4.69, 9.17) is 10.5 Å². The molecule has 3 aromatic rings. The van der Waals surface area contributed by atoms with Crippen LogP contribution in [0.1, 0.15) is 56.3 Å². The van der Waals surface area contributed by atoms with Crippen LogP contribution in [-0.4, -0.2) is 29.1 Å². The van der Waals surface area contributed by atoms with Gasteiger partial charge in [-0.2, -0.15) is 0 Å². The molecule has 0 spiro atoms. The third-order valence-corrected chi connectivity index (χ3v) is 5.75. The van der Waals surface area contributed by atoms with E-state index in [-0.39, 0.29) is 11.5 Å². The van der Waals surface area contributed by atoms with Gasteiger partial charge >= 0.3 is 5.69 Å². The molecule has 2 aromatic carbocycles. The zero-order valence-electron chi connectivity index (χ0n) is 19.5. The van der Waals surface area contributed by atoms with Crippen LogP contribution >= 0.6 is 0 Å². The first-order valence-electron chi connectivity index (χ1n) is 11.4. The van der Waals surface area contributed by atoms with Gasteiger partial charge in [0.1, 0.15) is 11.6 Å². The lowest BCUT2D eigenvalue weighted by molar-refractivity contribution is 0.0983. The summed E-state index contributed by atoms with van der Waals surface area (Å²) >= 11 is 0. The number of carbonyl (C=O) groups is 1. The molecule has 3 N–H and O–H groups in total. The fourth-order valence-corrected chi connectivity index (χ4v) is 3.91. The molecule has 3 rings (SSSR count). The molecule has 0 atom stereocenters. The second-order valence-corrected chi connectivity index (χ2v) is 8.06. The van der Waals surface area contributed by atoms with Gasteiger partial charge in [-0.05, 0) is 35.7 Å². The van der Waals surface area contributed by atoms with Crippen LogP contribution in [0, 0.1) is 0 Å². The Kier molecular flexibility index (Phi) is 7.92. The van der Waals surface area contributed by atoms with E-state index in [0.29, 0.717) is 30.8 Å². The summed E-state index contributed by atoms with van der Waals surface area (Å²) in [5, 5.41) is 1.82. The van der Waals surface area contributed by atoms with E-state index in [2.05, 4.69) is 11.9 Å². The summed E-state index contributed by atoms with van der Waals surface area (Å²) in [4.78, 5) is 42.8. The first-order chi connectivity index (χ1) is 15.9. The minimum absolute atomic E-state index is 0.00167. The van der Waals surface area contributed by atoms with Gasteiger partial charge < -0.3 is 15.4 Å². The molecule has 0 radical (unpaired) electrons. The van der Waals surface area contributed by atoms with Gasteiger partial charge in [0.25, 0.3) is 11.5 Å². The highest BCUT2D eigenvalue weighted by molar-refractivity contribution is 6.11. The molecule has 33 heavy (non-hydrogen) atoms. The lowest BCUT2D eigenvalue weighted by Gasteiger charge is -2.25. The van der Waals surface area contributed by atoms with Crippen LogP contribution in [0.2, 0.25) is 0 Å². The topological polar surface area (TPSA) is 110 Å². The average molecular weight is 453 g/mol. The van der Waals surface area contributed by atoms with E-state index >= 15 is 0 Å². The quantitative estimate of drug-likeness (QED) is 0.453. The van der Waals surface area contributed by atoms with Gasteiger partial charge in [-0.15, -0.1) is 0 Å². The van der Waals surface area contributed by atoms with Gasteiger partial charge in [0.15, 0.2) is 5.69 Å². The standard InChI is InChI=1S/C25H32N4O4/c1-4-6-10-14-28(21-22(26)29(13-7-5-2)25(32)27-23(21)30)24(31)19-15-17-11-8-9-12-18(17)16-20(19)33-3/h8-9,11-12,15-16H,4-7,10,13-14,26H2,1-3H3,(H,27,30,32). The molecule has 0 aliphatic heterocycles. The summed E-state index contributed by atoms with van der Waals surface area (Å²) < 4.78 is 6.85. The number of benzene rings is 2. The summed E-state index contributed by atoms with van der Waals surface area (Å²) in [6, 6.07) is 11.2. The van der Waals surface area contributed by atoms with Gasteiger partial charge in [-0.1, -0.05) is 57.4 Å². The molecule has 8 heteroatoms. The van der Waals surface area contributed by atoms with Gasteiger partial charge in [0, 0.05) is 13.1 Å². The number of amides is 1. The number of aromatic amines is 1. The molecule has 1 amide bonds. The molecule has 0 aliphatic carbocycles. The van der Waals surface area contributed by atoms with Crippen molar-refractivity contribution in [2.45, 2.75) is 52.5 Å². The molecule has 176 valence electrons. The largest absolute Gasteiger partial charge is 0.496 e. The smallest absolute Gasteiger partial charge is 0.330 e. The van der Waals surface area contributed by atoms with Crippen molar-refractivity contribution in [1.82, 2.24) is 9.55 Å². The molecule has 0 aliphatic rings. The first-order valence-corrected chi connectivity index (χ1v) is 11.4. The number of nitrogens with zero attached hydrogens (tertiary/aromatic N) is 2. The molecular weight excluding hydrogens is 420 g/mol. The number of ether oxygens (including phenoxy) is 1. The van der Waals surface area contributed by atoms with Gasteiger partial charge in [-0.25, -0.2) is 4.79 Å². The number of nitrogens with one attached hydrogen (secondary N) is 1. The SMILES string of the molecule is CCCCCN(C(=O)c1cc2ccccc2cc1OC)c1c(N)n(CCCC)c(=O)[nH]c1=O. The lowest BCUT2D eigenvalue weighted by atomic mass is 10.0. The predicted octanol–water partition coefficient (Wildman–Crippen LogP) is 3.92. The maximum absolute atomic E-state index is 13.8. The highest BCUT2D eigenvalue weighted by Crippen LogP contribution is 2.29. The van der Waals surface area contributed by atoms with Crippen LogP contribution in [0.25, 0.3) is 10.8 Å². The van der Waals surface area contributed by atoms with Crippen molar-refractivity contribution in [3.8, 4) is 5.75 Å². The van der Waals surface area contributed by atoms with E-state index in [1.807, 2.05) is 37.3 Å². The zero-order chi connectivity index (χ0) is 24.0. The Morgan fingerprint density at radius 3 is 2.36 bits per heavy atom. The number of hydrogen-bond donors (Lipinski definition) is 2. The third kappa shape index (κ3) is 5.10. The van der Waals surface area contributed by atoms with Crippen LogP contribution in [0.15, 0.2) is 46.0 Å². The van der Waals surface area contributed by atoms with Crippen LogP contribution in [0.3, 0.4) is 0 Å². The number of methoxy groups -OCH3 is 1. The lowest BCUT2D eigenvalue weighted by Crippen LogP contribution is -2.41. The number of aromatic nitrogens is 2. The Hall–Kier alpha value is -3.55. The Bertz CT molecular complexity index is 1250. The first kappa shape index (κ1) is 24.1. The molecular formula is C25H32N4O4. The second-order valence-electron chi connectivity index (χ2n) is 8.06. The molecule has 0 saturated carbocycles. The Morgan fingerprint density at radius 2 is 1.73 bits per heavy atom. The van der Waals surface area contributed by atoms with Crippen molar-refractivity contribution in [1.29, 1.82) is 0 Å². The zero-order valence-corrected chi connectivity index (χ0v) is 19.5. The van der Waals surface area contributed by atoms with Crippen molar-refractivity contribution in [3.63, 3.8) is 0 Å². The van der Waals surface area contributed by atoms with Crippen LogP contribution < -0.4 is 26.6 Å². The monoisotopic (exact) mass is 452 g/mol. The van der Waals surface area contributed by atoms with Crippen molar-refractivity contribution >= 4 is 28.2 Å². The van der Waals surface area contributed by atoms with E-state index in [9.17, 15) is 14.4 Å². The maximum atomic E-state index is 13.8. The van der Waals surface area contributed by atoms with Crippen LogP contribution in [0.4, 0.5) is 11.5 Å². The normalized spacial score (nSPS) is 11.0. The number of H-pyrrole nitrogens is 1. The van der Waals surface area contributed by atoms with E-state index in [1.165, 1.54) is 16.6 Å². The molecule has 0 fully saturated rings. The highest BCUT2D eigenvalue weighted by atomic mass is 16.5. The second kappa shape index (κ2) is 10.8. The summed E-state index contributed by atoms with van der Waals surface area (Å²) in [6.07, 6.45) is 4.09. The Labute approximate surface area is 193 Å². The molecule has 1 aromatic heterocycles. The third-order valence-electron chi connectivity index (χ3n) is 5.75. The fourth-order valence-electron chi connectivity index (χ4n) is 3.91. The molecule has 1 heterocycles. The number of nitrogens with two attached hydrogens (primary N) is 1.